The molecular weight excluding hydrogens is 397 g/mol. The van der Waals surface area contributed by atoms with Crippen LogP contribution in [0.1, 0.15) is 17.4 Å². The van der Waals surface area contributed by atoms with Gasteiger partial charge in [-0.15, -0.1) is 0 Å². The van der Waals surface area contributed by atoms with Gasteiger partial charge >= 0.3 is 5.97 Å². The molecule has 0 amide bonds. The first-order valence-electron chi connectivity index (χ1n) is 7.67. The van der Waals surface area contributed by atoms with E-state index in [1.807, 2.05) is 0 Å². The standard InChI is InChI=1S/C17H11Cl2N3O5/c1-2-27-17(24)15-16(23)11-7-14(22(25)26)12(19)8-13(11)21(20-15)10-5-3-9(18)4-6-10/h3-8H,2H2,1H3. The Bertz CT molecular complexity index is 1130. The lowest BCUT2D eigenvalue weighted by atomic mass is 10.1. The van der Waals surface area contributed by atoms with Gasteiger partial charge in [-0.3, -0.25) is 14.9 Å². The Balaban J connectivity index is 2.42. The molecule has 0 saturated heterocycles. The smallest absolute Gasteiger partial charge is 0.362 e. The summed E-state index contributed by atoms with van der Waals surface area (Å²) in [6.07, 6.45) is 0. The van der Waals surface area contributed by atoms with Gasteiger partial charge in [0.15, 0.2) is 0 Å². The highest BCUT2D eigenvalue weighted by Crippen LogP contribution is 2.29. The zero-order valence-corrected chi connectivity index (χ0v) is 15.3. The molecule has 0 bridgehead atoms. The molecule has 27 heavy (non-hydrogen) atoms. The fourth-order valence-electron chi connectivity index (χ4n) is 2.49. The van der Waals surface area contributed by atoms with Gasteiger partial charge in [0.05, 0.1) is 28.1 Å². The molecule has 0 saturated carbocycles. The Labute approximate surface area is 162 Å². The third kappa shape index (κ3) is 3.49. The third-order valence-corrected chi connectivity index (χ3v) is 4.24. The lowest BCUT2D eigenvalue weighted by Gasteiger charge is -2.12. The Kier molecular flexibility index (Phi) is 5.11. The highest BCUT2D eigenvalue weighted by atomic mass is 35.5. The minimum Gasteiger partial charge on any atom is -0.461 e. The molecule has 8 nitrogen and oxygen atoms in total. The molecule has 0 fully saturated rings. The maximum absolute atomic E-state index is 12.7. The van der Waals surface area contributed by atoms with Crippen LogP contribution in [0.3, 0.4) is 0 Å². The SMILES string of the molecule is CCOC(=O)c1nn(-c2ccc(Cl)cc2)c2cc(Cl)c([N+](=O)[O-])cc2c1=O. The Morgan fingerprint density at radius 2 is 1.93 bits per heavy atom. The van der Waals surface area contributed by atoms with Crippen molar-refractivity contribution in [2.75, 3.05) is 6.61 Å². The van der Waals surface area contributed by atoms with Crippen molar-refractivity contribution in [3.63, 3.8) is 0 Å². The highest BCUT2D eigenvalue weighted by molar-refractivity contribution is 6.33. The summed E-state index contributed by atoms with van der Waals surface area (Å²) in [6.45, 7) is 1.63. The van der Waals surface area contributed by atoms with Crippen LogP contribution in [0.25, 0.3) is 16.6 Å². The maximum atomic E-state index is 12.7. The van der Waals surface area contributed by atoms with E-state index in [-0.39, 0.29) is 22.5 Å². The van der Waals surface area contributed by atoms with Crippen LogP contribution in [0.4, 0.5) is 5.69 Å². The van der Waals surface area contributed by atoms with Crippen LogP contribution in [-0.2, 0) is 4.74 Å². The number of nitrogens with zero attached hydrogens (tertiary/aromatic N) is 3. The average Bonchev–Trinajstić information content (AvgIpc) is 2.62. The van der Waals surface area contributed by atoms with Gasteiger partial charge in [-0.2, -0.15) is 5.10 Å². The Morgan fingerprint density at radius 3 is 2.52 bits per heavy atom. The second-order valence-corrected chi connectivity index (χ2v) is 6.21. The molecule has 0 N–H and O–H groups in total. The number of rotatable bonds is 4. The number of benzene rings is 2. The van der Waals surface area contributed by atoms with E-state index in [9.17, 15) is 19.7 Å². The number of hydrogen-bond donors (Lipinski definition) is 0. The number of hydrogen-bond acceptors (Lipinski definition) is 6. The second kappa shape index (κ2) is 7.34. The lowest BCUT2D eigenvalue weighted by molar-refractivity contribution is -0.384. The predicted octanol–water partition coefficient (Wildman–Crippen LogP) is 3.78. The van der Waals surface area contributed by atoms with Crippen LogP contribution in [-0.4, -0.2) is 27.3 Å². The first-order valence-corrected chi connectivity index (χ1v) is 8.43. The number of esters is 1. The van der Waals surface area contributed by atoms with Crippen LogP contribution < -0.4 is 5.43 Å². The molecular formula is C17H11Cl2N3O5. The van der Waals surface area contributed by atoms with E-state index in [2.05, 4.69) is 5.10 Å². The summed E-state index contributed by atoms with van der Waals surface area (Å²) in [7, 11) is 0. The van der Waals surface area contributed by atoms with Gasteiger partial charge in [0, 0.05) is 11.1 Å². The van der Waals surface area contributed by atoms with E-state index in [1.54, 1.807) is 31.2 Å². The number of carbonyl (C=O) groups is 1. The van der Waals surface area contributed by atoms with Crippen LogP contribution in [0.5, 0.6) is 0 Å². The summed E-state index contributed by atoms with van der Waals surface area (Å²) in [5, 5.41) is 15.5. The molecule has 0 spiro atoms. The number of halogens is 2. The van der Waals surface area contributed by atoms with Gasteiger partial charge in [0.2, 0.25) is 11.1 Å². The number of fused-ring (bicyclic) bond motifs is 1. The normalized spacial score (nSPS) is 10.8. The molecule has 0 unspecified atom stereocenters. The number of ether oxygens (including phenoxy) is 1. The van der Waals surface area contributed by atoms with Crippen LogP contribution in [0.2, 0.25) is 10.0 Å². The quantitative estimate of drug-likeness (QED) is 0.370. The monoisotopic (exact) mass is 407 g/mol. The van der Waals surface area contributed by atoms with Gasteiger partial charge < -0.3 is 4.74 Å². The van der Waals surface area contributed by atoms with E-state index in [0.717, 1.165) is 6.07 Å². The molecule has 3 aromatic rings. The van der Waals surface area contributed by atoms with Gasteiger partial charge in [-0.05, 0) is 37.3 Å². The molecule has 1 aromatic heterocycles. The Hall–Kier alpha value is -2.97. The van der Waals surface area contributed by atoms with Crippen LogP contribution >= 0.6 is 23.2 Å². The van der Waals surface area contributed by atoms with Crippen molar-refractivity contribution in [2.45, 2.75) is 6.92 Å². The van der Waals surface area contributed by atoms with E-state index >= 15 is 0 Å². The summed E-state index contributed by atoms with van der Waals surface area (Å²) in [6, 6.07) is 8.70. The summed E-state index contributed by atoms with van der Waals surface area (Å²) in [5.41, 5.74) is -1.06. The summed E-state index contributed by atoms with van der Waals surface area (Å²) < 4.78 is 6.16. The van der Waals surface area contributed by atoms with Gasteiger partial charge in [0.25, 0.3) is 5.69 Å². The molecule has 0 radical (unpaired) electrons. The summed E-state index contributed by atoms with van der Waals surface area (Å²) >= 11 is 11.9. The first-order chi connectivity index (χ1) is 12.8. The van der Waals surface area contributed by atoms with Crippen molar-refractivity contribution in [1.29, 1.82) is 0 Å². The van der Waals surface area contributed by atoms with Gasteiger partial charge in [0.1, 0.15) is 5.02 Å². The van der Waals surface area contributed by atoms with Crippen molar-refractivity contribution in [1.82, 2.24) is 9.78 Å². The Morgan fingerprint density at radius 1 is 1.26 bits per heavy atom. The molecule has 0 aliphatic heterocycles. The number of nitro groups is 1. The van der Waals surface area contributed by atoms with E-state index < -0.39 is 27.7 Å². The van der Waals surface area contributed by atoms with Crippen LogP contribution in [0, 0.1) is 10.1 Å². The average molecular weight is 408 g/mol. The fourth-order valence-corrected chi connectivity index (χ4v) is 2.84. The van der Waals surface area contributed by atoms with Crippen molar-refractivity contribution in [2.24, 2.45) is 0 Å². The summed E-state index contributed by atoms with van der Waals surface area (Å²) in [5.74, 6) is -0.926. The van der Waals surface area contributed by atoms with Crippen molar-refractivity contribution in [3.8, 4) is 5.69 Å². The van der Waals surface area contributed by atoms with Crippen LogP contribution in [0.15, 0.2) is 41.2 Å². The minimum absolute atomic E-state index is 0.0414. The maximum Gasteiger partial charge on any atom is 0.362 e. The number of carbonyl (C=O) groups excluding carboxylic acids is 1. The zero-order chi connectivity index (χ0) is 19.7. The largest absolute Gasteiger partial charge is 0.461 e. The molecule has 0 aliphatic carbocycles. The van der Waals surface area contributed by atoms with Crippen molar-refractivity contribution < 1.29 is 14.5 Å². The topological polar surface area (TPSA) is 104 Å². The molecule has 138 valence electrons. The zero-order valence-electron chi connectivity index (χ0n) is 13.8. The van der Waals surface area contributed by atoms with Gasteiger partial charge in [-0.1, -0.05) is 23.2 Å². The van der Waals surface area contributed by atoms with E-state index in [1.165, 1.54) is 10.7 Å². The molecule has 2 aromatic carbocycles. The molecule has 0 atom stereocenters. The fraction of sp³-hybridized carbons (Fsp3) is 0.118. The third-order valence-electron chi connectivity index (χ3n) is 3.69. The van der Waals surface area contributed by atoms with Crippen molar-refractivity contribution >= 4 is 45.8 Å². The molecule has 10 heteroatoms. The highest BCUT2D eigenvalue weighted by Gasteiger charge is 2.23. The molecule has 3 rings (SSSR count). The van der Waals surface area contributed by atoms with E-state index in [4.69, 9.17) is 27.9 Å². The van der Waals surface area contributed by atoms with E-state index in [0.29, 0.717) is 10.7 Å². The number of nitro benzene ring substituents is 1. The predicted molar refractivity (Wildman–Crippen MR) is 100.0 cm³/mol. The lowest BCUT2D eigenvalue weighted by Crippen LogP contribution is -2.24. The van der Waals surface area contributed by atoms with Crippen molar-refractivity contribution in [3.05, 3.63) is 72.5 Å². The summed E-state index contributed by atoms with van der Waals surface area (Å²) in [4.78, 5) is 35.3. The molecule has 0 aliphatic rings. The first kappa shape index (κ1) is 18.8. The van der Waals surface area contributed by atoms with Gasteiger partial charge in [-0.25, -0.2) is 9.48 Å². The molecule has 1 heterocycles. The number of aromatic nitrogens is 2. The second-order valence-electron chi connectivity index (χ2n) is 5.36. The minimum atomic E-state index is -0.926.